The highest BCUT2D eigenvalue weighted by molar-refractivity contribution is 7.10. The molecule has 0 N–H and O–H groups in total. The standard InChI is InChI=1S/C29H27N3O2S/c1-18-23-11-7-6-10-22(23)16-24(18)29(33)32-14-12-21(13-15-32)28-30-25(17-35-28)26-19(2)34-31-27(26)20-8-4-3-5-9-20/h3-11,17,21H,12-16H2,1-2H3. The number of benzene rings is 2. The van der Waals surface area contributed by atoms with Crippen molar-refractivity contribution in [3.05, 3.63) is 87.4 Å². The van der Waals surface area contributed by atoms with Gasteiger partial charge < -0.3 is 9.42 Å². The van der Waals surface area contributed by atoms with Gasteiger partial charge in [0.25, 0.3) is 0 Å². The summed E-state index contributed by atoms with van der Waals surface area (Å²) >= 11 is 1.70. The van der Waals surface area contributed by atoms with E-state index in [1.54, 1.807) is 11.3 Å². The highest BCUT2D eigenvalue weighted by Gasteiger charge is 2.31. The molecule has 0 unspecified atom stereocenters. The molecule has 0 spiro atoms. The first kappa shape index (κ1) is 22.0. The summed E-state index contributed by atoms with van der Waals surface area (Å²) in [5.74, 6) is 1.35. The second-order valence-electron chi connectivity index (χ2n) is 9.40. The number of piperidine rings is 1. The van der Waals surface area contributed by atoms with Gasteiger partial charge in [0.2, 0.25) is 5.91 Å². The lowest BCUT2D eigenvalue weighted by Gasteiger charge is -2.31. The number of allylic oxidation sites excluding steroid dienone is 1. The van der Waals surface area contributed by atoms with Gasteiger partial charge >= 0.3 is 0 Å². The average molecular weight is 482 g/mol. The quantitative estimate of drug-likeness (QED) is 0.333. The van der Waals surface area contributed by atoms with E-state index in [2.05, 4.69) is 35.7 Å². The van der Waals surface area contributed by atoms with Crippen LogP contribution in [0.5, 0.6) is 0 Å². The molecule has 1 aliphatic heterocycles. The van der Waals surface area contributed by atoms with Crippen molar-refractivity contribution in [3.63, 3.8) is 0 Å². The van der Waals surface area contributed by atoms with E-state index in [-0.39, 0.29) is 5.91 Å². The third-order valence-electron chi connectivity index (χ3n) is 7.32. The first-order valence-corrected chi connectivity index (χ1v) is 13.0. The fourth-order valence-electron chi connectivity index (χ4n) is 5.34. The van der Waals surface area contributed by atoms with Crippen LogP contribution in [0.25, 0.3) is 28.1 Å². The van der Waals surface area contributed by atoms with Crippen LogP contribution < -0.4 is 0 Å². The number of rotatable bonds is 4. The molecule has 0 radical (unpaired) electrons. The van der Waals surface area contributed by atoms with E-state index in [1.807, 2.05) is 48.2 Å². The summed E-state index contributed by atoms with van der Waals surface area (Å²) in [6.45, 7) is 5.56. The molecule has 176 valence electrons. The van der Waals surface area contributed by atoms with Crippen LogP contribution in [-0.2, 0) is 11.2 Å². The third-order valence-corrected chi connectivity index (χ3v) is 8.33. The number of likely N-dealkylation sites (tertiary alicyclic amines) is 1. The summed E-state index contributed by atoms with van der Waals surface area (Å²) in [5, 5.41) is 7.56. The van der Waals surface area contributed by atoms with Gasteiger partial charge in [-0.3, -0.25) is 4.79 Å². The Morgan fingerprint density at radius 3 is 2.54 bits per heavy atom. The van der Waals surface area contributed by atoms with E-state index in [0.717, 1.165) is 76.8 Å². The van der Waals surface area contributed by atoms with Crippen molar-refractivity contribution in [3.8, 4) is 22.5 Å². The highest BCUT2D eigenvalue weighted by atomic mass is 32.1. The number of thiazole rings is 1. The molecule has 4 aromatic rings. The van der Waals surface area contributed by atoms with Gasteiger partial charge in [-0.05, 0) is 43.4 Å². The summed E-state index contributed by atoms with van der Waals surface area (Å²) in [7, 11) is 0. The first-order chi connectivity index (χ1) is 17.1. The smallest absolute Gasteiger partial charge is 0.250 e. The number of amides is 1. The molecule has 0 atom stereocenters. The van der Waals surface area contributed by atoms with Crippen molar-refractivity contribution in [2.45, 2.75) is 39.0 Å². The topological polar surface area (TPSA) is 59.2 Å². The maximum absolute atomic E-state index is 13.3. The molecule has 3 heterocycles. The maximum Gasteiger partial charge on any atom is 0.250 e. The second kappa shape index (κ2) is 8.93. The van der Waals surface area contributed by atoms with Crippen molar-refractivity contribution >= 4 is 22.8 Å². The first-order valence-electron chi connectivity index (χ1n) is 12.1. The zero-order valence-electron chi connectivity index (χ0n) is 20.0. The Morgan fingerprint density at radius 2 is 1.77 bits per heavy atom. The average Bonchev–Trinajstić information content (AvgIpc) is 3.62. The number of fused-ring (bicyclic) bond motifs is 1. The molecule has 1 aliphatic carbocycles. The zero-order valence-corrected chi connectivity index (χ0v) is 20.8. The lowest BCUT2D eigenvalue weighted by Crippen LogP contribution is -2.38. The van der Waals surface area contributed by atoms with Gasteiger partial charge in [-0.1, -0.05) is 59.8 Å². The zero-order chi connectivity index (χ0) is 23.9. The van der Waals surface area contributed by atoms with Gasteiger partial charge in [0.15, 0.2) is 0 Å². The van der Waals surface area contributed by atoms with E-state index in [4.69, 9.17) is 9.51 Å². The monoisotopic (exact) mass is 481 g/mol. The van der Waals surface area contributed by atoms with Crippen molar-refractivity contribution in [1.29, 1.82) is 0 Å². The number of carbonyl (C=O) groups excluding carboxylic acids is 1. The summed E-state index contributed by atoms with van der Waals surface area (Å²) in [6.07, 6.45) is 2.62. The van der Waals surface area contributed by atoms with Crippen LogP contribution in [0.4, 0.5) is 0 Å². The molecule has 6 heteroatoms. The minimum Gasteiger partial charge on any atom is -0.360 e. The fraction of sp³-hybridized carbons (Fsp3) is 0.276. The van der Waals surface area contributed by atoms with Gasteiger partial charge in [-0.25, -0.2) is 4.98 Å². The Morgan fingerprint density at radius 1 is 1.03 bits per heavy atom. The summed E-state index contributed by atoms with van der Waals surface area (Å²) in [6, 6.07) is 18.5. The van der Waals surface area contributed by atoms with Crippen LogP contribution in [0.2, 0.25) is 0 Å². The molecular formula is C29H27N3O2S. The normalized spacial score (nSPS) is 16.1. The Hall–Kier alpha value is -3.51. The molecule has 1 fully saturated rings. The number of aryl methyl sites for hydroxylation is 1. The minimum absolute atomic E-state index is 0.199. The van der Waals surface area contributed by atoms with Gasteiger partial charge in [0.1, 0.15) is 11.5 Å². The van der Waals surface area contributed by atoms with E-state index >= 15 is 0 Å². The number of hydrogen-bond donors (Lipinski definition) is 0. The molecular weight excluding hydrogens is 454 g/mol. The fourth-order valence-corrected chi connectivity index (χ4v) is 6.32. The van der Waals surface area contributed by atoms with E-state index in [0.29, 0.717) is 5.92 Å². The van der Waals surface area contributed by atoms with E-state index in [9.17, 15) is 4.79 Å². The van der Waals surface area contributed by atoms with Crippen LogP contribution in [0.3, 0.4) is 0 Å². The molecule has 35 heavy (non-hydrogen) atoms. The molecule has 0 saturated carbocycles. The lowest BCUT2D eigenvalue weighted by molar-refractivity contribution is -0.128. The summed E-state index contributed by atoms with van der Waals surface area (Å²) in [4.78, 5) is 20.4. The number of nitrogens with zero attached hydrogens (tertiary/aromatic N) is 3. The predicted octanol–water partition coefficient (Wildman–Crippen LogP) is 6.51. The van der Waals surface area contributed by atoms with Crippen LogP contribution in [0.15, 0.2) is 70.1 Å². The van der Waals surface area contributed by atoms with Crippen LogP contribution in [-0.4, -0.2) is 34.0 Å². The molecule has 6 rings (SSSR count). The molecule has 5 nitrogen and oxygen atoms in total. The predicted molar refractivity (Wildman–Crippen MR) is 139 cm³/mol. The van der Waals surface area contributed by atoms with E-state index in [1.165, 1.54) is 11.1 Å². The van der Waals surface area contributed by atoms with Crippen LogP contribution >= 0.6 is 11.3 Å². The van der Waals surface area contributed by atoms with Gasteiger partial charge in [0.05, 0.1) is 16.3 Å². The maximum atomic E-state index is 13.3. The van der Waals surface area contributed by atoms with Crippen molar-refractivity contribution in [2.75, 3.05) is 13.1 Å². The number of hydrogen-bond acceptors (Lipinski definition) is 5. The molecule has 2 aromatic carbocycles. The van der Waals surface area contributed by atoms with Gasteiger partial charge in [-0.2, -0.15) is 0 Å². The Bertz CT molecular complexity index is 1430. The van der Waals surface area contributed by atoms with Gasteiger partial charge in [-0.15, -0.1) is 11.3 Å². The Kier molecular flexibility index (Phi) is 5.61. The second-order valence-corrected chi connectivity index (χ2v) is 10.3. The number of carbonyl (C=O) groups is 1. The van der Waals surface area contributed by atoms with Crippen molar-refractivity contribution < 1.29 is 9.32 Å². The summed E-state index contributed by atoms with van der Waals surface area (Å²) < 4.78 is 5.55. The number of aromatic nitrogens is 2. The molecule has 2 aliphatic rings. The third kappa shape index (κ3) is 3.92. The van der Waals surface area contributed by atoms with Crippen LogP contribution in [0, 0.1) is 6.92 Å². The van der Waals surface area contributed by atoms with Crippen molar-refractivity contribution in [2.24, 2.45) is 0 Å². The summed E-state index contributed by atoms with van der Waals surface area (Å²) in [5.41, 5.74) is 8.33. The Balaban J connectivity index is 1.16. The molecule has 1 saturated heterocycles. The van der Waals surface area contributed by atoms with Crippen LogP contribution in [0.1, 0.15) is 47.6 Å². The van der Waals surface area contributed by atoms with Crippen molar-refractivity contribution in [1.82, 2.24) is 15.0 Å². The molecule has 2 aromatic heterocycles. The minimum atomic E-state index is 0.199. The van der Waals surface area contributed by atoms with Gasteiger partial charge in [0, 0.05) is 41.9 Å². The lowest BCUT2D eigenvalue weighted by atomic mass is 9.96. The van der Waals surface area contributed by atoms with E-state index < -0.39 is 0 Å². The molecule has 0 bridgehead atoms. The Labute approximate surface area is 209 Å². The molecule has 1 amide bonds. The SMILES string of the molecule is CC1=C(C(=O)N2CCC(c3nc(-c4c(-c5ccccc5)noc4C)cs3)CC2)Cc2ccccc21. The highest BCUT2D eigenvalue weighted by Crippen LogP contribution is 2.39. The largest absolute Gasteiger partial charge is 0.360 e.